The first-order valence-electron chi connectivity index (χ1n) is 5.31. The van der Waals surface area contributed by atoms with Crippen molar-refractivity contribution < 1.29 is 9.59 Å². The van der Waals surface area contributed by atoms with Gasteiger partial charge in [0.15, 0.2) is 0 Å². The third-order valence-corrected chi connectivity index (χ3v) is 5.79. The van der Waals surface area contributed by atoms with Gasteiger partial charge in [-0.25, -0.2) is 0 Å². The Morgan fingerprint density at radius 1 is 1.50 bits per heavy atom. The minimum Gasteiger partial charge on any atom is -0.295 e. The van der Waals surface area contributed by atoms with Gasteiger partial charge in [0.05, 0.1) is 5.25 Å². The molecule has 1 fully saturated rings. The predicted molar refractivity (Wildman–Crippen MR) is 74.4 cm³/mol. The molecule has 1 unspecified atom stereocenters. The topological polar surface area (TPSA) is 46.2 Å². The molecule has 0 bridgehead atoms. The van der Waals surface area contributed by atoms with E-state index in [9.17, 15) is 9.59 Å². The Kier molecular flexibility index (Phi) is 5.53. The van der Waals surface area contributed by atoms with Gasteiger partial charge >= 0.3 is 0 Å². The zero-order valence-electron chi connectivity index (χ0n) is 9.34. The van der Waals surface area contributed by atoms with Gasteiger partial charge in [-0.05, 0) is 6.42 Å². The Bertz CT molecular complexity index is 283. The summed E-state index contributed by atoms with van der Waals surface area (Å²) in [7, 11) is 0. The van der Waals surface area contributed by atoms with E-state index in [0.29, 0.717) is 6.42 Å². The van der Waals surface area contributed by atoms with E-state index in [1.54, 1.807) is 11.8 Å². The van der Waals surface area contributed by atoms with Gasteiger partial charge in [-0.2, -0.15) is 25.3 Å². The number of imide groups is 1. The predicted octanol–water partition coefficient (Wildman–Crippen LogP) is 1.53. The van der Waals surface area contributed by atoms with Crippen LogP contribution in [0.5, 0.6) is 0 Å². The molecule has 0 aromatic carbocycles. The lowest BCUT2D eigenvalue weighted by Gasteiger charge is -2.25. The molecule has 0 saturated carbocycles. The Hall–Kier alpha value is 0.190. The van der Waals surface area contributed by atoms with E-state index in [1.807, 2.05) is 6.92 Å². The van der Waals surface area contributed by atoms with Gasteiger partial charge in [-0.15, -0.1) is 11.8 Å². The largest absolute Gasteiger partial charge is 0.295 e. The molecule has 1 heterocycles. The van der Waals surface area contributed by atoms with Crippen molar-refractivity contribution in [1.82, 2.24) is 5.32 Å². The van der Waals surface area contributed by atoms with Crippen LogP contribution in [0.2, 0.25) is 0 Å². The Balaban J connectivity index is 2.57. The van der Waals surface area contributed by atoms with E-state index in [4.69, 9.17) is 0 Å². The summed E-state index contributed by atoms with van der Waals surface area (Å²) in [5.74, 6) is -0.340. The zero-order chi connectivity index (χ0) is 12.3. The molecule has 0 aliphatic carbocycles. The molecular weight excluding hydrogens is 262 g/mol. The lowest BCUT2D eigenvalue weighted by Crippen LogP contribution is -2.30. The number of thiol groups is 2. The van der Waals surface area contributed by atoms with Gasteiger partial charge in [0.2, 0.25) is 11.8 Å². The zero-order valence-corrected chi connectivity index (χ0v) is 11.9. The summed E-state index contributed by atoms with van der Waals surface area (Å²) >= 11 is 10.4. The number of hydrogen-bond acceptors (Lipinski definition) is 5. The number of carbonyl (C=O) groups is 2. The third kappa shape index (κ3) is 3.60. The standard InChI is InChI=1S/C10H17NO2S3/c1-3-6(9(15)5(2)14)16-7-4-8(12)11-10(7)13/h5-7,9,14-15H,3-4H2,1-2H3,(H,11,12,13)/t5-,6+,7?,9-/m1/s1. The average Bonchev–Trinajstić information content (AvgIpc) is 2.52. The molecule has 16 heavy (non-hydrogen) atoms. The first-order valence-corrected chi connectivity index (χ1v) is 7.28. The van der Waals surface area contributed by atoms with Crippen molar-refractivity contribution in [3.8, 4) is 0 Å². The van der Waals surface area contributed by atoms with Crippen LogP contribution in [0.4, 0.5) is 0 Å². The van der Waals surface area contributed by atoms with Crippen LogP contribution < -0.4 is 5.32 Å². The van der Waals surface area contributed by atoms with Crippen LogP contribution in [-0.2, 0) is 9.59 Å². The highest BCUT2D eigenvalue weighted by Gasteiger charge is 2.34. The normalized spacial score (nSPS) is 26.4. The summed E-state index contributed by atoms with van der Waals surface area (Å²) in [6, 6.07) is 0. The maximum Gasteiger partial charge on any atom is 0.240 e. The van der Waals surface area contributed by atoms with Gasteiger partial charge < -0.3 is 0 Å². The summed E-state index contributed by atoms with van der Waals surface area (Å²) < 4.78 is 0. The van der Waals surface area contributed by atoms with Gasteiger partial charge in [0.1, 0.15) is 0 Å². The summed E-state index contributed by atoms with van der Waals surface area (Å²) in [6.07, 6.45) is 1.21. The molecule has 6 heteroatoms. The molecule has 0 radical (unpaired) electrons. The molecule has 1 aliphatic rings. The average molecular weight is 279 g/mol. The van der Waals surface area contributed by atoms with E-state index in [2.05, 4.69) is 37.5 Å². The van der Waals surface area contributed by atoms with Crippen LogP contribution in [0, 0.1) is 0 Å². The van der Waals surface area contributed by atoms with Gasteiger partial charge in [-0.3, -0.25) is 14.9 Å². The highest BCUT2D eigenvalue weighted by atomic mass is 32.2. The summed E-state index contributed by atoms with van der Waals surface area (Å²) in [5, 5.41) is 2.61. The maximum absolute atomic E-state index is 11.4. The van der Waals surface area contributed by atoms with Crippen molar-refractivity contribution in [2.75, 3.05) is 0 Å². The van der Waals surface area contributed by atoms with Crippen LogP contribution in [0.15, 0.2) is 0 Å². The molecule has 4 atom stereocenters. The molecule has 0 aromatic rings. The minimum atomic E-state index is -0.251. The fourth-order valence-electron chi connectivity index (χ4n) is 1.58. The Labute approximate surface area is 111 Å². The molecule has 0 aromatic heterocycles. The van der Waals surface area contributed by atoms with Gasteiger partial charge in [0, 0.05) is 22.2 Å². The van der Waals surface area contributed by atoms with E-state index in [0.717, 1.165) is 6.42 Å². The van der Waals surface area contributed by atoms with E-state index in [1.165, 1.54) is 0 Å². The lowest BCUT2D eigenvalue weighted by molar-refractivity contribution is -0.124. The lowest BCUT2D eigenvalue weighted by atomic mass is 10.2. The fourth-order valence-corrected chi connectivity index (χ4v) is 3.77. The number of amides is 2. The van der Waals surface area contributed by atoms with Crippen LogP contribution in [0.25, 0.3) is 0 Å². The van der Waals surface area contributed by atoms with Crippen molar-refractivity contribution >= 4 is 48.8 Å². The number of hydrogen-bond donors (Lipinski definition) is 3. The quantitative estimate of drug-likeness (QED) is 0.528. The van der Waals surface area contributed by atoms with Crippen LogP contribution >= 0.6 is 37.0 Å². The SMILES string of the molecule is CC[C@H](SC1CC(=O)NC1=O)[C@H](S)[C@@H](C)S. The van der Waals surface area contributed by atoms with E-state index in [-0.39, 0.29) is 32.8 Å². The number of thioether (sulfide) groups is 1. The second-order valence-corrected chi connectivity index (χ2v) is 6.78. The second kappa shape index (κ2) is 6.21. The molecule has 1 aliphatic heterocycles. The minimum absolute atomic E-state index is 0.127. The van der Waals surface area contributed by atoms with Crippen molar-refractivity contribution in [3.63, 3.8) is 0 Å². The maximum atomic E-state index is 11.4. The number of nitrogens with one attached hydrogen (secondary N) is 1. The van der Waals surface area contributed by atoms with Gasteiger partial charge in [0.25, 0.3) is 0 Å². The van der Waals surface area contributed by atoms with Crippen LogP contribution in [0.1, 0.15) is 26.7 Å². The highest BCUT2D eigenvalue weighted by molar-refractivity contribution is 8.02. The highest BCUT2D eigenvalue weighted by Crippen LogP contribution is 2.32. The van der Waals surface area contributed by atoms with Crippen molar-refractivity contribution in [2.24, 2.45) is 0 Å². The molecule has 1 N–H and O–H groups in total. The number of carbonyl (C=O) groups excluding carboxylic acids is 2. The Morgan fingerprint density at radius 2 is 2.12 bits per heavy atom. The summed E-state index contributed by atoms with van der Waals surface area (Å²) in [4.78, 5) is 22.5. The first kappa shape index (κ1) is 14.3. The summed E-state index contributed by atoms with van der Waals surface area (Å²) in [6.45, 7) is 4.05. The smallest absolute Gasteiger partial charge is 0.240 e. The van der Waals surface area contributed by atoms with Crippen molar-refractivity contribution in [1.29, 1.82) is 0 Å². The monoisotopic (exact) mass is 279 g/mol. The van der Waals surface area contributed by atoms with Crippen LogP contribution in [-0.4, -0.2) is 32.8 Å². The Morgan fingerprint density at radius 3 is 2.50 bits per heavy atom. The molecule has 92 valence electrons. The number of rotatable bonds is 5. The first-order chi connectivity index (χ1) is 7.45. The molecular formula is C10H17NO2S3. The van der Waals surface area contributed by atoms with E-state index >= 15 is 0 Å². The van der Waals surface area contributed by atoms with E-state index < -0.39 is 0 Å². The van der Waals surface area contributed by atoms with Crippen molar-refractivity contribution in [3.05, 3.63) is 0 Å². The van der Waals surface area contributed by atoms with Gasteiger partial charge in [-0.1, -0.05) is 13.8 Å². The second-order valence-electron chi connectivity index (χ2n) is 3.92. The van der Waals surface area contributed by atoms with Crippen molar-refractivity contribution in [2.45, 2.75) is 47.7 Å². The molecule has 1 rings (SSSR count). The molecule has 2 amide bonds. The summed E-state index contributed by atoms with van der Waals surface area (Å²) in [5.41, 5.74) is 0. The molecule has 0 spiro atoms. The fraction of sp³-hybridized carbons (Fsp3) is 0.800. The molecule has 3 nitrogen and oxygen atoms in total. The third-order valence-electron chi connectivity index (χ3n) is 2.54. The molecule has 1 saturated heterocycles. The van der Waals surface area contributed by atoms with Crippen LogP contribution in [0.3, 0.4) is 0 Å².